The summed E-state index contributed by atoms with van der Waals surface area (Å²) in [7, 11) is 0. The number of hydrogen-bond acceptors (Lipinski definition) is 2. The average molecular weight is 292 g/mol. The standard InChI is InChI=1S/C13H10BrNS/c14-12-8-6-11(7-9-12)10-15-16-13-4-2-1-3-5-13/h1-10H. The summed E-state index contributed by atoms with van der Waals surface area (Å²) in [5.74, 6) is 0. The highest BCUT2D eigenvalue weighted by atomic mass is 79.9. The van der Waals surface area contributed by atoms with Crippen LogP contribution in [0.4, 0.5) is 0 Å². The molecule has 2 aromatic rings. The van der Waals surface area contributed by atoms with E-state index in [0.717, 1.165) is 14.9 Å². The van der Waals surface area contributed by atoms with Crippen molar-refractivity contribution in [3.63, 3.8) is 0 Å². The third-order valence-corrected chi connectivity index (χ3v) is 3.20. The van der Waals surface area contributed by atoms with Crippen LogP contribution >= 0.6 is 27.9 Å². The molecule has 0 aliphatic carbocycles. The molecule has 2 aromatic carbocycles. The number of halogens is 1. The molecule has 0 atom stereocenters. The summed E-state index contributed by atoms with van der Waals surface area (Å²) < 4.78 is 5.40. The van der Waals surface area contributed by atoms with E-state index < -0.39 is 0 Å². The third kappa shape index (κ3) is 3.51. The summed E-state index contributed by atoms with van der Waals surface area (Å²) in [5, 5.41) is 0. The Labute approximate surface area is 108 Å². The van der Waals surface area contributed by atoms with Gasteiger partial charge >= 0.3 is 0 Å². The lowest BCUT2D eigenvalue weighted by Crippen LogP contribution is -1.78. The van der Waals surface area contributed by atoms with Crippen molar-refractivity contribution in [2.45, 2.75) is 4.90 Å². The zero-order valence-electron chi connectivity index (χ0n) is 8.51. The Hall–Kier alpha value is -1.06. The van der Waals surface area contributed by atoms with Gasteiger partial charge in [0.1, 0.15) is 0 Å². The Morgan fingerprint density at radius 2 is 1.62 bits per heavy atom. The summed E-state index contributed by atoms with van der Waals surface area (Å²) in [5.41, 5.74) is 1.10. The topological polar surface area (TPSA) is 12.4 Å². The van der Waals surface area contributed by atoms with E-state index in [1.807, 2.05) is 60.8 Å². The second-order valence-corrected chi connectivity index (χ2v) is 4.97. The molecule has 0 saturated carbocycles. The summed E-state index contributed by atoms with van der Waals surface area (Å²) in [6.07, 6.45) is 1.87. The van der Waals surface area contributed by atoms with E-state index in [1.54, 1.807) is 0 Å². The zero-order chi connectivity index (χ0) is 11.2. The third-order valence-electron chi connectivity index (χ3n) is 1.97. The molecular formula is C13H10BrNS. The van der Waals surface area contributed by atoms with Crippen LogP contribution in [0, 0.1) is 0 Å². The largest absolute Gasteiger partial charge is 0.219 e. The van der Waals surface area contributed by atoms with Crippen molar-refractivity contribution in [3.05, 3.63) is 64.6 Å². The quantitative estimate of drug-likeness (QED) is 0.596. The molecule has 0 fully saturated rings. The van der Waals surface area contributed by atoms with Crippen molar-refractivity contribution in [1.82, 2.24) is 0 Å². The van der Waals surface area contributed by atoms with Crippen LogP contribution in [-0.2, 0) is 0 Å². The first kappa shape index (κ1) is 11.4. The lowest BCUT2D eigenvalue weighted by molar-refractivity contribution is 1.46. The van der Waals surface area contributed by atoms with Gasteiger partial charge < -0.3 is 0 Å². The number of benzene rings is 2. The molecular weight excluding hydrogens is 282 g/mol. The van der Waals surface area contributed by atoms with Gasteiger partial charge in [0.15, 0.2) is 0 Å². The molecule has 0 amide bonds. The summed E-state index contributed by atoms with van der Waals surface area (Å²) in [4.78, 5) is 1.15. The van der Waals surface area contributed by atoms with E-state index in [0.29, 0.717) is 0 Å². The maximum atomic E-state index is 4.32. The smallest absolute Gasteiger partial charge is 0.0428 e. The summed E-state index contributed by atoms with van der Waals surface area (Å²) in [6.45, 7) is 0. The maximum absolute atomic E-state index is 4.32. The van der Waals surface area contributed by atoms with Crippen LogP contribution in [0.2, 0.25) is 0 Å². The minimum Gasteiger partial charge on any atom is -0.219 e. The van der Waals surface area contributed by atoms with Crippen molar-refractivity contribution in [3.8, 4) is 0 Å². The van der Waals surface area contributed by atoms with Gasteiger partial charge in [0.05, 0.1) is 0 Å². The first-order valence-corrected chi connectivity index (χ1v) is 6.42. The molecule has 0 aromatic heterocycles. The van der Waals surface area contributed by atoms with Crippen molar-refractivity contribution in [2.24, 2.45) is 4.40 Å². The zero-order valence-corrected chi connectivity index (χ0v) is 10.9. The lowest BCUT2D eigenvalue weighted by Gasteiger charge is -1.94. The van der Waals surface area contributed by atoms with Gasteiger partial charge in [-0.25, -0.2) is 4.40 Å². The van der Waals surface area contributed by atoms with Crippen LogP contribution in [-0.4, -0.2) is 6.21 Å². The van der Waals surface area contributed by atoms with Crippen LogP contribution in [0.1, 0.15) is 5.56 Å². The Bertz CT molecular complexity index is 465. The van der Waals surface area contributed by atoms with Gasteiger partial charge in [0, 0.05) is 27.5 Å². The molecule has 0 bridgehead atoms. The molecule has 0 saturated heterocycles. The van der Waals surface area contributed by atoms with Crippen LogP contribution in [0.3, 0.4) is 0 Å². The Morgan fingerprint density at radius 1 is 0.938 bits per heavy atom. The monoisotopic (exact) mass is 291 g/mol. The van der Waals surface area contributed by atoms with Crippen LogP contribution in [0.15, 0.2) is 68.4 Å². The molecule has 0 radical (unpaired) electrons. The van der Waals surface area contributed by atoms with E-state index in [4.69, 9.17) is 0 Å². The molecule has 0 unspecified atom stereocenters. The maximum Gasteiger partial charge on any atom is 0.0428 e. The van der Waals surface area contributed by atoms with Crippen molar-refractivity contribution in [1.29, 1.82) is 0 Å². The number of hydrogen-bond donors (Lipinski definition) is 0. The minimum atomic E-state index is 1.08. The van der Waals surface area contributed by atoms with Crippen LogP contribution in [0.5, 0.6) is 0 Å². The van der Waals surface area contributed by atoms with Crippen LogP contribution in [0.25, 0.3) is 0 Å². The van der Waals surface area contributed by atoms with E-state index in [2.05, 4.69) is 20.3 Å². The van der Waals surface area contributed by atoms with E-state index >= 15 is 0 Å². The highest BCUT2D eigenvalue weighted by molar-refractivity contribution is 9.10. The summed E-state index contributed by atoms with van der Waals surface area (Å²) in [6, 6.07) is 18.2. The SMILES string of the molecule is Brc1ccc(C=NSc2ccccc2)cc1. The molecule has 0 spiro atoms. The van der Waals surface area contributed by atoms with E-state index in [9.17, 15) is 0 Å². The van der Waals surface area contributed by atoms with Crippen LogP contribution < -0.4 is 0 Å². The summed E-state index contributed by atoms with van der Waals surface area (Å²) >= 11 is 4.88. The highest BCUT2D eigenvalue weighted by Crippen LogP contribution is 2.18. The Balaban J connectivity index is 1.98. The molecule has 1 nitrogen and oxygen atoms in total. The van der Waals surface area contributed by atoms with E-state index in [1.165, 1.54) is 11.9 Å². The molecule has 80 valence electrons. The van der Waals surface area contributed by atoms with Crippen molar-refractivity contribution >= 4 is 34.1 Å². The fourth-order valence-electron chi connectivity index (χ4n) is 1.18. The molecule has 16 heavy (non-hydrogen) atoms. The minimum absolute atomic E-state index is 1.08. The van der Waals surface area contributed by atoms with Crippen molar-refractivity contribution in [2.75, 3.05) is 0 Å². The number of rotatable bonds is 3. The van der Waals surface area contributed by atoms with Gasteiger partial charge in [-0.2, -0.15) is 0 Å². The Kier molecular flexibility index (Phi) is 4.19. The first-order valence-electron chi connectivity index (χ1n) is 4.85. The molecule has 3 heteroatoms. The second-order valence-electron chi connectivity index (χ2n) is 3.19. The Morgan fingerprint density at radius 3 is 2.31 bits per heavy atom. The normalized spacial score (nSPS) is 10.8. The fourth-order valence-corrected chi connectivity index (χ4v) is 2.02. The lowest BCUT2D eigenvalue weighted by atomic mass is 10.2. The second kappa shape index (κ2) is 5.87. The predicted molar refractivity (Wildman–Crippen MR) is 74.0 cm³/mol. The van der Waals surface area contributed by atoms with Gasteiger partial charge in [0.2, 0.25) is 0 Å². The molecule has 0 heterocycles. The first-order chi connectivity index (χ1) is 7.84. The molecule has 0 N–H and O–H groups in total. The van der Waals surface area contributed by atoms with Crippen molar-refractivity contribution < 1.29 is 0 Å². The van der Waals surface area contributed by atoms with Gasteiger partial charge in [-0.05, 0) is 29.8 Å². The number of nitrogens with zero attached hydrogens (tertiary/aromatic N) is 1. The fraction of sp³-hybridized carbons (Fsp3) is 0. The van der Waals surface area contributed by atoms with Gasteiger partial charge in [-0.15, -0.1) is 0 Å². The predicted octanol–water partition coefficient (Wildman–Crippen LogP) is 4.58. The van der Waals surface area contributed by atoms with Gasteiger partial charge in [-0.1, -0.05) is 46.3 Å². The average Bonchev–Trinajstić information content (AvgIpc) is 2.33. The van der Waals surface area contributed by atoms with E-state index in [-0.39, 0.29) is 0 Å². The molecule has 0 aliphatic rings. The van der Waals surface area contributed by atoms with Gasteiger partial charge in [-0.3, -0.25) is 0 Å². The highest BCUT2D eigenvalue weighted by Gasteiger charge is 1.90. The molecule has 2 rings (SSSR count). The molecule has 0 aliphatic heterocycles. The van der Waals surface area contributed by atoms with Gasteiger partial charge in [0.25, 0.3) is 0 Å².